The molecule has 2 aliphatic rings. The molecule has 2 saturated heterocycles. The van der Waals surface area contributed by atoms with Gasteiger partial charge in [0.1, 0.15) is 67.1 Å². The van der Waals surface area contributed by atoms with Gasteiger partial charge in [-0.3, -0.25) is 0 Å². The second-order valence-electron chi connectivity index (χ2n) is 7.52. The van der Waals surface area contributed by atoms with Crippen LogP contribution in [-0.4, -0.2) is 178 Å². The Bertz CT molecular complexity index is 528. The first-order valence-corrected chi connectivity index (χ1v) is 9.97. The van der Waals surface area contributed by atoms with E-state index in [4.69, 9.17) is 44.8 Å². The number of aliphatic hydroxyl groups excluding tert-OH is 13. The maximum Gasteiger partial charge on any atom is 0.187 e. The van der Waals surface area contributed by atoms with Gasteiger partial charge < -0.3 is 86.1 Å². The highest BCUT2D eigenvalue weighted by molar-refractivity contribution is 4.93. The van der Waals surface area contributed by atoms with Gasteiger partial charge in [0.2, 0.25) is 0 Å². The number of ether oxygens (including phenoxy) is 3. The lowest BCUT2D eigenvalue weighted by atomic mass is 9.97. The molecule has 2 rings (SSSR count). The molecule has 0 spiro atoms. The number of aliphatic hydroxyl groups is 13. The van der Waals surface area contributed by atoms with Crippen LogP contribution in [0.25, 0.3) is 0 Å². The number of hydrogen-bond donors (Lipinski definition) is 13. The summed E-state index contributed by atoms with van der Waals surface area (Å²) in [5, 5.41) is 119. The Morgan fingerprint density at radius 2 is 1.12 bits per heavy atom. The maximum absolute atomic E-state index is 9.94. The normalized spacial score (nSPS) is 40.9. The molecule has 0 aromatic heterocycles. The molecule has 0 saturated carbocycles. The van der Waals surface area contributed by atoms with Crippen molar-refractivity contribution in [1.29, 1.82) is 0 Å². The molecule has 17 heteroatoms. The fraction of sp³-hybridized carbons (Fsp3) is 1.00. The molecular weight excluding hydrogens is 476 g/mol. The third-order valence-electron chi connectivity index (χ3n) is 5.14. The smallest absolute Gasteiger partial charge is 0.187 e. The molecule has 0 bridgehead atoms. The van der Waals surface area contributed by atoms with E-state index in [2.05, 4.69) is 0 Å². The summed E-state index contributed by atoms with van der Waals surface area (Å²) < 4.78 is 15.3. The lowest BCUT2D eigenvalue weighted by Gasteiger charge is -2.45. The molecule has 0 radical (unpaired) electrons. The van der Waals surface area contributed by atoms with Crippen LogP contribution in [0.3, 0.4) is 0 Å². The summed E-state index contributed by atoms with van der Waals surface area (Å²) in [6, 6.07) is 0. The quantitative estimate of drug-likeness (QED) is 0.143. The average Bonchev–Trinajstić information content (AvgIpc) is 2.82. The molecule has 34 heavy (non-hydrogen) atoms. The first kappa shape index (κ1) is 33.3. The SMILES string of the molecule is O.OC[C@@H](O)C(O)[C@@H](O)CO.OC[C@H]1O[C@@H](O[C@H]2[C@H](O)[C@@H](O)[C@H](O)O[C@@H]2CO)[C@H](O)[C@@H](O)[C@H]1O. The summed E-state index contributed by atoms with van der Waals surface area (Å²) in [5.74, 6) is 0. The molecule has 0 aromatic carbocycles. The lowest BCUT2D eigenvalue weighted by Crippen LogP contribution is -2.64. The summed E-state index contributed by atoms with van der Waals surface area (Å²) >= 11 is 0. The summed E-state index contributed by atoms with van der Waals surface area (Å²) in [6.07, 6.45) is -19.9. The predicted molar refractivity (Wildman–Crippen MR) is 104 cm³/mol. The van der Waals surface area contributed by atoms with Gasteiger partial charge in [0.15, 0.2) is 12.6 Å². The second kappa shape index (κ2) is 15.4. The first-order valence-electron chi connectivity index (χ1n) is 9.97. The molecule has 2 heterocycles. The molecule has 0 amide bonds. The van der Waals surface area contributed by atoms with Crippen LogP contribution in [0.15, 0.2) is 0 Å². The molecule has 15 N–H and O–H groups in total. The molecular formula is C17H36O17. The lowest BCUT2D eigenvalue weighted by molar-refractivity contribution is -0.355. The van der Waals surface area contributed by atoms with Crippen LogP contribution >= 0.6 is 0 Å². The van der Waals surface area contributed by atoms with E-state index in [9.17, 15) is 35.7 Å². The van der Waals surface area contributed by atoms with Crippen molar-refractivity contribution < 1.29 is 86.1 Å². The van der Waals surface area contributed by atoms with E-state index < -0.39 is 106 Å². The van der Waals surface area contributed by atoms with E-state index in [1.54, 1.807) is 0 Å². The summed E-state index contributed by atoms with van der Waals surface area (Å²) in [4.78, 5) is 0. The van der Waals surface area contributed by atoms with Gasteiger partial charge in [0.05, 0.1) is 26.4 Å². The third-order valence-corrected chi connectivity index (χ3v) is 5.14. The predicted octanol–water partition coefficient (Wildman–Crippen LogP) is -9.17. The van der Waals surface area contributed by atoms with Crippen molar-refractivity contribution in [2.45, 2.75) is 79.7 Å². The highest BCUT2D eigenvalue weighted by atomic mass is 16.7. The van der Waals surface area contributed by atoms with Gasteiger partial charge >= 0.3 is 0 Å². The van der Waals surface area contributed by atoms with Gasteiger partial charge in [0, 0.05) is 0 Å². The zero-order chi connectivity index (χ0) is 25.5. The van der Waals surface area contributed by atoms with Gasteiger partial charge in [-0.25, -0.2) is 0 Å². The molecule has 2 aliphatic heterocycles. The van der Waals surface area contributed by atoms with Crippen molar-refractivity contribution in [3.8, 4) is 0 Å². The first-order chi connectivity index (χ1) is 15.4. The van der Waals surface area contributed by atoms with Crippen molar-refractivity contribution in [2.75, 3.05) is 26.4 Å². The highest BCUT2D eigenvalue weighted by Crippen LogP contribution is 2.28. The summed E-state index contributed by atoms with van der Waals surface area (Å²) in [6.45, 7) is -2.63. The Labute approximate surface area is 193 Å². The zero-order valence-corrected chi connectivity index (χ0v) is 17.9. The van der Waals surface area contributed by atoms with Crippen LogP contribution in [0.4, 0.5) is 0 Å². The Kier molecular flexibility index (Phi) is 15.1. The van der Waals surface area contributed by atoms with E-state index in [-0.39, 0.29) is 5.48 Å². The van der Waals surface area contributed by atoms with E-state index in [0.717, 1.165) is 0 Å². The number of hydrogen-bond acceptors (Lipinski definition) is 16. The van der Waals surface area contributed by atoms with Crippen LogP contribution in [0.5, 0.6) is 0 Å². The molecule has 13 atom stereocenters. The molecule has 0 aliphatic carbocycles. The monoisotopic (exact) mass is 512 g/mol. The molecule has 17 nitrogen and oxygen atoms in total. The number of rotatable bonds is 8. The van der Waals surface area contributed by atoms with Gasteiger partial charge in [-0.2, -0.15) is 0 Å². The van der Waals surface area contributed by atoms with E-state index in [1.807, 2.05) is 0 Å². The van der Waals surface area contributed by atoms with E-state index in [0.29, 0.717) is 0 Å². The Morgan fingerprint density at radius 1 is 0.618 bits per heavy atom. The standard InChI is InChI=1S/C12H22O11.C5H12O5.H2O/c13-1-3-5(15)6(16)9(19)12(22-3)23-10-4(2-14)21-11(20)8(18)7(10)17;6-1-3(8)5(10)4(9)2-7;/h3-20H,1-2H2;3-10H,1-2H2;1H2/t3-,4-,5+,6+,7-,8-,9-,10-,11-,12+;3-,4+,5?;/m1../s1. The minimum Gasteiger partial charge on any atom is -0.412 e. The Balaban J connectivity index is 0.000000844. The van der Waals surface area contributed by atoms with Crippen molar-refractivity contribution in [1.82, 2.24) is 0 Å². The summed E-state index contributed by atoms with van der Waals surface area (Å²) in [7, 11) is 0. The van der Waals surface area contributed by atoms with Crippen molar-refractivity contribution in [3.63, 3.8) is 0 Å². The topological polar surface area (TPSA) is 322 Å². The van der Waals surface area contributed by atoms with Gasteiger partial charge in [0.25, 0.3) is 0 Å². The molecule has 1 unspecified atom stereocenters. The van der Waals surface area contributed by atoms with Crippen LogP contribution in [0.1, 0.15) is 0 Å². The minimum absolute atomic E-state index is 0. The maximum atomic E-state index is 9.94. The van der Waals surface area contributed by atoms with Gasteiger partial charge in [-0.15, -0.1) is 0 Å². The highest BCUT2D eigenvalue weighted by Gasteiger charge is 2.50. The summed E-state index contributed by atoms with van der Waals surface area (Å²) in [5.41, 5.74) is 0. The second-order valence-corrected chi connectivity index (χ2v) is 7.52. The minimum atomic E-state index is -1.74. The van der Waals surface area contributed by atoms with E-state index in [1.165, 1.54) is 0 Å². The van der Waals surface area contributed by atoms with Crippen LogP contribution < -0.4 is 0 Å². The van der Waals surface area contributed by atoms with Crippen LogP contribution in [-0.2, 0) is 14.2 Å². The molecule has 0 aromatic rings. The van der Waals surface area contributed by atoms with Gasteiger partial charge in [-0.05, 0) is 0 Å². The Hall–Kier alpha value is -0.680. The fourth-order valence-electron chi connectivity index (χ4n) is 3.04. The Morgan fingerprint density at radius 3 is 1.56 bits per heavy atom. The van der Waals surface area contributed by atoms with Crippen molar-refractivity contribution in [3.05, 3.63) is 0 Å². The average molecular weight is 512 g/mol. The van der Waals surface area contributed by atoms with Gasteiger partial charge in [-0.1, -0.05) is 0 Å². The van der Waals surface area contributed by atoms with Crippen molar-refractivity contribution >= 4 is 0 Å². The van der Waals surface area contributed by atoms with Crippen molar-refractivity contribution in [2.24, 2.45) is 0 Å². The molecule has 2 fully saturated rings. The zero-order valence-electron chi connectivity index (χ0n) is 17.9. The largest absolute Gasteiger partial charge is 0.412 e. The van der Waals surface area contributed by atoms with E-state index >= 15 is 0 Å². The third kappa shape index (κ3) is 8.18. The fourth-order valence-corrected chi connectivity index (χ4v) is 3.04. The molecule has 206 valence electrons. The van der Waals surface area contributed by atoms with Crippen LogP contribution in [0, 0.1) is 0 Å². The van der Waals surface area contributed by atoms with Crippen LogP contribution in [0.2, 0.25) is 0 Å².